The Kier molecular flexibility index (Phi) is 5.52. The number of pyridine rings is 1. The number of rotatable bonds is 6. The largest absolute Gasteiger partial charge is 0.466 e. The molecule has 1 aromatic carbocycles. The third-order valence-corrected chi connectivity index (χ3v) is 2.99. The monoisotopic (exact) mass is 282 g/mol. The number of nitrogens with zero attached hydrogens (tertiary/aromatic N) is 1. The Labute approximate surface area is 124 Å². The molecule has 1 heterocycles. The Morgan fingerprint density at radius 3 is 2.67 bits per heavy atom. The summed E-state index contributed by atoms with van der Waals surface area (Å²) in [6.07, 6.45) is 5.63. The zero-order valence-electron chi connectivity index (χ0n) is 11.9. The van der Waals surface area contributed by atoms with Gasteiger partial charge in [0, 0.05) is 18.0 Å². The summed E-state index contributed by atoms with van der Waals surface area (Å²) in [5.41, 5.74) is 1.94. The third kappa shape index (κ3) is 4.76. The number of esters is 1. The zero-order valence-corrected chi connectivity index (χ0v) is 11.9. The molecule has 1 aromatic heterocycles. The fourth-order valence-electron chi connectivity index (χ4n) is 1.94. The standard InChI is InChI=1S/C17H18N2O2/c1-21-17(20)12-7-11-16(15-10-5-6-13-18-15)19-14-8-3-2-4-9-14/h2-10,12-13,16,19H,11H2,1H3/b12-7+. The van der Waals surface area contributed by atoms with E-state index < -0.39 is 0 Å². The van der Waals surface area contributed by atoms with Crippen molar-refractivity contribution >= 4 is 11.7 Å². The van der Waals surface area contributed by atoms with E-state index in [-0.39, 0.29) is 12.0 Å². The fraction of sp³-hybridized carbons (Fsp3) is 0.176. The first-order valence-electron chi connectivity index (χ1n) is 6.76. The molecule has 0 amide bonds. The van der Waals surface area contributed by atoms with Crippen LogP contribution in [-0.4, -0.2) is 18.1 Å². The van der Waals surface area contributed by atoms with Crippen molar-refractivity contribution in [2.75, 3.05) is 12.4 Å². The minimum absolute atomic E-state index is 0.00509. The molecule has 1 unspecified atom stereocenters. The highest BCUT2D eigenvalue weighted by atomic mass is 16.5. The predicted octanol–water partition coefficient (Wildman–Crippen LogP) is 3.35. The summed E-state index contributed by atoms with van der Waals surface area (Å²) in [4.78, 5) is 15.5. The number of hydrogen-bond donors (Lipinski definition) is 1. The summed E-state index contributed by atoms with van der Waals surface area (Å²) in [5, 5.41) is 3.42. The molecule has 1 N–H and O–H groups in total. The first-order valence-corrected chi connectivity index (χ1v) is 6.76. The smallest absolute Gasteiger partial charge is 0.330 e. The quantitative estimate of drug-likeness (QED) is 0.652. The van der Waals surface area contributed by atoms with E-state index >= 15 is 0 Å². The van der Waals surface area contributed by atoms with Crippen molar-refractivity contribution in [2.24, 2.45) is 0 Å². The van der Waals surface area contributed by atoms with Gasteiger partial charge < -0.3 is 10.1 Å². The maximum atomic E-state index is 11.1. The number of benzene rings is 1. The third-order valence-electron chi connectivity index (χ3n) is 2.99. The van der Waals surface area contributed by atoms with Crippen molar-refractivity contribution in [1.29, 1.82) is 0 Å². The Morgan fingerprint density at radius 1 is 1.24 bits per heavy atom. The van der Waals surface area contributed by atoms with Gasteiger partial charge in [0.05, 0.1) is 18.8 Å². The summed E-state index contributed by atoms with van der Waals surface area (Å²) in [5.74, 6) is -0.352. The van der Waals surface area contributed by atoms with Crippen LogP contribution in [0, 0.1) is 0 Å². The van der Waals surface area contributed by atoms with E-state index in [2.05, 4.69) is 15.0 Å². The lowest BCUT2D eigenvalue weighted by molar-refractivity contribution is -0.134. The lowest BCUT2D eigenvalue weighted by Crippen LogP contribution is -2.11. The first-order chi connectivity index (χ1) is 10.3. The van der Waals surface area contributed by atoms with E-state index in [0.717, 1.165) is 11.4 Å². The SMILES string of the molecule is COC(=O)/C=C/CC(Nc1ccccc1)c1ccccn1. The minimum atomic E-state index is -0.352. The normalized spacial score (nSPS) is 12.0. The van der Waals surface area contributed by atoms with E-state index in [1.165, 1.54) is 13.2 Å². The molecule has 0 radical (unpaired) electrons. The van der Waals surface area contributed by atoms with Crippen LogP contribution in [0.25, 0.3) is 0 Å². The molecule has 1 atom stereocenters. The molecular formula is C17H18N2O2. The second-order valence-corrected chi connectivity index (χ2v) is 4.48. The summed E-state index contributed by atoms with van der Waals surface area (Å²) >= 11 is 0. The van der Waals surface area contributed by atoms with Gasteiger partial charge in [0.25, 0.3) is 0 Å². The Morgan fingerprint density at radius 2 is 2.00 bits per heavy atom. The number of anilines is 1. The molecule has 2 rings (SSSR count). The fourth-order valence-corrected chi connectivity index (χ4v) is 1.94. The maximum Gasteiger partial charge on any atom is 0.330 e. The predicted molar refractivity (Wildman–Crippen MR) is 82.8 cm³/mol. The molecule has 0 aliphatic rings. The maximum absolute atomic E-state index is 11.1. The summed E-state index contributed by atoms with van der Waals surface area (Å²) in [6.45, 7) is 0. The van der Waals surface area contributed by atoms with Crippen LogP contribution in [0.2, 0.25) is 0 Å². The highest BCUT2D eigenvalue weighted by molar-refractivity contribution is 5.81. The van der Waals surface area contributed by atoms with Gasteiger partial charge in [0.15, 0.2) is 0 Å². The molecule has 0 aliphatic carbocycles. The number of ether oxygens (including phenoxy) is 1. The van der Waals surface area contributed by atoms with Crippen LogP contribution in [0.1, 0.15) is 18.2 Å². The number of carbonyl (C=O) groups is 1. The second-order valence-electron chi connectivity index (χ2n) is 4.48. The lowest BCUT2D eigenvalue weighted by Gasteiger charge is -2.18. The summed E-state index contributed by atoms with van der Waals surface area (Å²) in [6, 6.07) is 15.7. The van der Waals surface area contributed by atoms with E-state index in [4.69, 9.17) is 0 Å². The van der Waals surface area contributed by atoms with Gasteiger partial charge in [-0.25, -0.2) is 4.79 Å². The highest BCUT2D eigenvalue weighted by Crippen LogP contribution is 2.21. The molecule has 0 fully saturated rings. The first kappa shape index (κ1) is 14.8. The average Bonchev–Trinajstić information content (AvgIpc) is 2.55. The van der Waals surface area contributed by atoms with Gasteiger partial charge in [0.1, 0.15) is 0 Å². The number of aromatic nitrogens is 1. The van der Waals surface area contributed by atoms with Crippen LogP contribution < -0.4 is 5.32 Å². The Bertz CT molecular complexity index is 582. The highest BCUT2D eigenvalue weighted by Gasteiger charge is 2.11. The van der Waals surface area contributed by atoms with Gasteiger partial charge >= 0.3 is 5.97 Å². The van der Waals surface area contributed by atoms with Crippen LogP contribution in [-0.2, 0) is 9.53 Å². The Balaban J connectivity index is 2.11. The molecule has 0 saturated carbocycles. The van der Waals surface area contributed by atoms with E-state index in [0.29, 0.717) is 6.42 Å². The number of nitrogens with one attached hydrogen (secondary N) is 1. The molecule has 21 heavy (non-hydrogen) atoms. The minimum Gasteiger partial charge on any atom is -0.466 e. The average molecular weight is 282 g/mol. The van der Waals surface area contributed by atoms with Gasteiger partial charge in [-0.15, -0.1) is 0 Å². The van der Waals surface area contributed by atoms with Crippen LogP contribution in [0.15, 0.2) is 66.9 Å². The number of hydrogen-bond acceptors (Lipinski definition) is 4. The molecule has 4 heteroatoms. The topological polar surface area (TPSA) is 51.2 Å². The van der Waals surface area contributed by atoms with E-state index in [9.17, 15) is 4.79 Å². The molecule has 108 valence electrons. The van der Waals surface area contributed by atoms with Crippen LogP contribution in [0.4, 0.5) is 5.69 Å². The second kappa shape index (κ2) is 7.85. The van der Waals surface area contributed by atoms with Crippen LogP contribution in [0.3, 0.4) is 0 Å². The van der Waals surface area contributed by atoms with Crippen molar-refractivity contribution in [1.82, 2.24) is 4.98 Å². The van der Waals surface area contributed by atoms with Crippen molar-refractivity contribution < 1.29 is 9.53 Å². The van der Waals surface area contributed by atoms with Gasteiger partial charge in [0.2, 0.25) is 0 Å². The Hall–Kier alpha value is -2.62. The molecular weight excluding hydrogens is 264 g/mol. The molecule has 0 spiro atoms. The molecule has 0 aliphatic heterocycles. The van der Waals surface area contributed by atoms with Gasteiger partial charge in [-0.2, -0.15) is 0 Å². The van der Waals surface area contributed by atoms with Crippen LogP contribution in [0.5, 0.6) is 0 Å². The molecule has 0 bridgehead atoms. The van der Waals surface area contributed by atoms with Crippen molar-refractivity contribution in [3.63, 3.8) is 0 Å². The summed E-state index contributed by atoms with van der Waals surface area (Å²) in [7, 11) is 1.37. The zero-order chi connectivity index (χ0) is 14.9. The van der Waals surface area contributed by atoms with Gasteiger partial charge in [-0.3, -0.25) is 4.98 Å². The number of carbonyl (C=O) groups excluding carboxylic acids is 1. The number of methoxy groups -OCH3 is 1. The lowest BCUT2D eigenvalue weighted by atomic mass is 10.1. The van der Waals surface area contributed by atoms with Gasteiger partial charge in [-0.1, -0.05) is 30.3 Å². The van der Waals surface area contributed by atoms with E-state index in [1.54, 1.807) is 12.3 Å². The number of para-hydroxylation sites is 1. The van der Waals surface area contributed by atoms with Crippen molar-refractivity contribution in [2.45, 2.75) is 12.5 Å². The molecule has 0 saturated heterocycles. The summed E-state index contributed by atoms with van der Waals surface area (Å²) < 4.78 is 4.59. The van der Waals surface area contributed by atoms with Crippen molar-refractivity contribution in [3.8, 4) is 0 Å². The van der Waals surface area contributed by atoms with Crippen LogP contribution >= 0.6 is 0 Å². The molecule has 4 nitrogen and oxygen atoms in total. The molecule has 2 aromatic rings. The van der Waals surface area contributed by atoms with Crippen molar-refractivity contribution in [3.05, 3.63) is 72.6 Å². The van der Waals surface area contributed by atoms with E-state index in [1.807, 2.05) is 48.5 Å². The van der Waals surface area contributed by atoms with Gasteiger partial charge in [-0.05, 0) is 30.7 Å².